The molecule has 0 aromatic heterocycles. The summed E-state index contributed by atoms with van der Waals surface area (Å²) in [5, 5.41) is 0. The molecule has 0 saturated heterocycles. The number of carbonyl (C=O) groups excluding carboxylic acids is 1. The molecule has 0 saturated carbocycles. The zero-order valence-electron chi connectivity index (χ0n) is 13.7. The largest absolute Gasteiger partial charge is 0.494 e. The van der Waals surface area contributed by atoms with Gasteiger partial charge in [-0.05, 0) is 37.1 Å². The fraction of sp³-hybridized carbons (Fsp3) is 0.611. The Hall–Kier alpha value is -1.71. The molecule has 1 aromatic rings. The minimum atomic E-state index is -0.0962. The maximum absolute atomic E-state index is 10.9. The molecule has 1 aromatic carbocycles. The molecule has 0 amide bonds. The number of methoxy groups -OCH3 is 1. The highest BCUT2D eigenvalue weighted by atomic mass is 16.5. The molecule has 0 spiro atoms. The summed E-state index contributed by atoms with van der Waals surface area (Å²) in [5.41, 5.74) is 6.39. The van der Waals surface area contributed by atoms with Crippen molar-refractivity contribution >= 4 is 11.7 Å². The highest BCUT2D eigenvalue weighted by Crippen LogP contribution is 2.14. The number of nitrogens with two attached hydrogens (primary N) is 1. The van der Waals surface area contributed by atoms with Gasteiger partial charge in [0.2, 0.25) is 0 Å². The number of anilines is 1. The van der Waals surface area contributed by atoms with Crippen LogP contribution in [0.25, 0.3) is 0 Å². The van der Waals surface area contributed by atoms with Gasteiger partial charge in [0.05, 0.1) is 13.7 Å². The van der Waals surface area contributed by atoms with Crippen molar-refractivity contribution in [1.82, 2.24) is 0 Å². The first-order valence-electron chi connectivity index (χ1n) is 8.27. The third-order valence-electron chi connectivity index (χ3n) is 3.65. The molecule has 0 atom stereocenters. The maximum Gasteiger partial charge on any atom is 0.305 e. The predicted octanol–water partition coefficient (Wildman–Crippen LogP) is 4.33. The van der Waals surface area contributed by atoms with Crippen LogP contribution in [-0.4, -0.2) is 19.7 Å². The van der Waals surface area contributed by atoms with E-state index in [1.165, 1.54) is 39.2 Å². The van der Waals surface area contributed by atoms with E-state index in [2.05, 4.69) is 4.74 Å². The van der Waals surface area contributed by atoms with E-state index in [1.54, 1.807) is 0 Å². The van der Waals surface area contributed by atoms with Crippen molar-refractivity contribution in [3.05, 3.63) is 24.3 Å². The number of unbranched alkanes of at least 4 members (excludes halogenated alkanes) is 7. The first-order chi connectivity index (χ1) is 10.7. The molecule has 0 aliphatic heterocycles. The number of carbonyl (C=O) groups is 1. The minimum Gasteiger partial charge on any atom is -0.494 e. The van der Waals surface area contributed by atoms with E-state index in [9.17, 15) is 4.79 Å². The van der Waals surface area contributed by atoms with E-state index in [4.69, 9.17) is 10.5 Å². The van der Waals surface area contributed by atoms with Gasteiger partial charge < -0.3 is 15.2 Å². The molecule has 0 fully saturated rings. The van der Waals surface area contributed by atoms with E-state index in [-0.39, 0.29) is 5.97 Å². The van der Waals surface area contributed by atoms with Crippen molar-refractivity contribution in [1.29, 1.82) is 0 Å². The van der Waals surface area contributed by atoms with Gasteiger partial charge in [0, 0.05) is 12.1 Å². The molecule has 22 heavy (non-hydrogen) atoms. The lowest BCUT2D eigenvalue weighted by Gasteiger charge is -2.06. The van der Waals surface area contributed by atoms with E-state index in [1.807, 2.05) is 24.3 Å². The average Bonchev–Trinajstić information content (AvgIpc) is 2.54. The summed E-state index contributed by atoms with van der Waals surface area (Å²) in [4.78, 5) is 10.9. The van der Waals surface area contributed by atoms with E-state index >= 15 is 0 Å². The molecular formula is C18H29NO3. The molecule has 4 heteroatoms. The van der Waals surface area contributed by atoms with E-state index in [0.29, 0.717) is 6.42 Å². The standard InChI is InChI=1S/C18H29NO3/c1-21-18(20)10-8-6-4-2-3-5-7-9-15-22-17-13-11-16(19)12-14-17/h11-14H,2-10,15,19H2,1H3. The lowest BCUT2D eigenvalue weighted by molar-refractivity contribution is -0.140. The fourth-order valence-electron chi connectivity index (χ4n) is 2.29. The second kappa shape index (κ2) is 11.9. The normalized spacial score (nSPS) is 10.4. The van der Waals surface area contributed by atoms with Gasteiger partial charge in [0.25, 0.3) is 0 Å². The first-order valence-corrected chi connectivity index (χ1v) is 8.27. The molecule has 4 nitrogen and oxygen atoms in total. The van der Waals surface area contributed by atoms with Crippen LogP contribution in [0.3, 0.4) is 0 Å². The summed E-state index contributed by atoms with van der Waals surface area (Å²) in [6.07, 6.45) is 9.89. The van der Waals surface area contributed by atoms with Gasteiger partial charge in [-0.15, -0.1) is 0 Å². The molecule has 124 valence electrons. The highest BCUT2D eigenvalue weighted by molar-refractivity contribution is 5.68. The van der Waals surface area contributed by atoms with Gasteiger partial charge in [-0.2, -0.15) is 0 Å². The summed E-state index contributed by atoms with van der Waals surface area (Å²) in [5.74, 6) is 0.793. The van der Waals surface area contributed by atoms with Gasteiger partial charge in [0.15, 0.2) is 0 Å². The molecule has 0 aliphatic rings. The van der Waals surface area contributed by atoms with Crippen LogP contribution in [0.5, 0.6) is 5.75 Å². The molecule has 0 unspecified atom stereocenters. The van der Waals surface area contributed by atoms with Crippen molar-refractivity contribution in [2.75, 3.05) is 19.5 Å². The minimum absolute atomic E-state index is 0.0962. The van der Waals surface area contributed by atoms with Crippen LogP contribution in [0.2, 0.25) is 0 Å². The SMILES string of the molecule is COC(=O)CCCCCCCCCCOc1ccc(N)cc1. The smallest absolute Gasteiger partial charge is 0.305 e. The number of ether oxygens (including phenoxy) is 2. The van der Waals surface area contributed by atoms with Crippen LogP contribution in [0, 0.1) is 0 Å². The molecule has 1 rings (SSSR count). The molecule has 0 bridgehead atoms. The van der Waals surface area contributed by atoms with Gasteiger partial charge in [-0.25, -0.2) is 0 Å². The fourth-order valence-corrected chi connectivity index (χ4v) is 2.29. The Morgan fingerprint density at radius 2 is 1.45 bits per heavy atom. The number of hydrogen-bond donors (Lipinski definition) is 1. The van der Waals surface area contributed by atoms with Crippen LogP contribution in [-0.2, 0) is 9.53 Å². The third kappa shape index (κ3) is 9.27. The molecule has 0 heterocycles. The Kier molecular flexibility index (Phi) is 9.92. The Balaban J connectivity index is 1.84. The van der Waals surface area contributed by atoms with E-state index < -0.39 is 0 Å². The van der Waals surface area contributed by atoms with E-state index in [0.717, 1.165) is 37.3 Å². The van der Waals surface area contributed by atoms with Gasteiger partial charge in [-0.3, -0.25) is 4.79 Å². The Labute approximate surface area is 134 Å². The quantitative estimate of drug-likeness (QED) is 0.354. The highest BCUT2D eigenvalue weighted by Gasteiger charge is 1.99. The number of hydrogen-bond acceptors (Lipinski definition) is 4. The predicted molar refractivity (Wildman–Crippen MR) is 89.9 cm³/mol. The monoisotopic (exact) mass is 307 g/mol. The summed E-state index contributed by atoms with van der Waals surface area (Å²) < 4.78 is 10.3. The molecule has 0 radical (unpaired) electrons. The molecular weight excluding hydrogens is 278 g/mol. The van der Waals surface area contributed by atoms with Crippen LogP contribution < -0.4 is 10.5 Å². The summed E-state index contributed by atoms with van der Waals surface area (Å²) in [6.45, 7) is 0.767. The topological polar surface area (TPSA) is 61.5 Å². The zero-order chi connectivity index (χ0) is 16.0. The summed E-state index contributed by atoms with van der Waals surface area (Å²) in [6, 6.07) is 7.53. The Morgan fingerprint density at radius 3 is 2.05 bits per heavy atom. The Bertz CT molecular complexity index is 403. The summed E-state index contributed by atoms with van der Waals surface area (Å²) >= 11 is 0. The van der Waals surface area contributed by atoms with Crippen molar-refractivity contribution in [2.24, 2.45) is 0 Å². The van der Waals surface area contributed by atoms with Crippen molar-refractivity contribution in [3.8, 4) is 5.75 Å². The Morgan fingerprint density at radius 1 is 0.909 bits per heavy atom. The van der Waals surface area contributed by atoms with Crippen LogP contribution in [0.15, 0.2) is 24.3 Å². The number of esters is 1. The van der Waals surface area contributed by atoms with Gasteiger partial charge in [-0.1, -0.05) is 38.5 Å². The van der Waals surface area contributed by atoms with Crippen molar-refractivity contribution < 1.29 is 14.3 Å². The third-order valence-corrected chi connectivity index (χ3v) is 3.65. The molecule has 0 aliphatic carbocycles. The van der Waals surface area contributed by atoms with Crippen molar-refractivity contribution in [2.45, 2.75) is 57.8 Å². The van der Waals surface area contributed by atoms with Gasteiger partial charge in [0.1, 0.15) is 5.75 Å². The van der Waals surface area contributed by atoms with Gasteiger partial charge >= 0.3 is 5.97 Å². The van der Waals surface area contributed by atoms with Crippen molar-refractivity contribution in [3.63, 3.8) is 0 Å². The van der Waals surface area contributed by atoms with Crippen LogP contribution in [0.1, 0.15) is 57.8 Å². The second-order valence-corrected chi connectivity index (χ2v) is 5.57. The summed E-state index contributed by atoms with van der Waals surface area (Å²) in [7, 11) is 1.44. The number of benzene rings is 1. The first kappa shape index (κ1) is 18.3. The lowest BCUT2D eigenvalue weighted by atomic mass is 10.1. The molecule has 2 N–H and O–H groups in total. The number of rotatable bonds is 12. The van der Waals surface area contributed by atoms with Crippen LogP contribution in [0.4, 0.5) is 5.69 Å². The maximum atomic E-state index is 10.9. The average molecular weight is 307 g/mol. The van der Waals surface area contributed by atoms with Crippen LogP contribution >= 0.6 is 0 Å². The zero-order valence-corrected chi connectivity index (χ0v) is 13.7. The lowest BCUT2D eigenvalue weighted by Crippen LogP contribution is -1.99. The second-order valence-electron chi connectivity index (χ2n) is 5.57. The number of nitrogen functional groups attached to an aromatic ring is 1.